The first kappa shape index (κ1) is 14.1. The van der Waals surface area contributed by atoms with Gasteiger partial charge in [-0.05, 0) is 32.3 Å². The Hall–Kier alpha value is -1.36. The largest absolute Gasteiger partial charge is 0.391 e. The SMILES string of the molecule is Cc1nn(C)c(C)c1CC(C)C(=O)N1CC[C@@H](O)C1. The smallest absolute Gasteiger partial charge is 0.225 e. The number of hydrogen-bond acceptors (Lipinski definition) is 3. The van der Waals surface area contributed by atoms with Crippen molar-refractivity contribution in [2.24, 2.45) is 13.0 Å². The lowest BCUT2D eigenvalue weighted by Crippen LogP contribution is -2.34. The van der Waals surface area contributed by atoms with Gasteiger partial charge in [0.05, 0.1) is 11.8 Å². The Bertz CT molecular complexity index is 481. The van der Waals surface area contributed by atoms with E-state index in [1.165, 1.54) is 5.56 Å². The van der Waals surface area contributed by atoms with Gasteiger partial charge in [0.25, 0.3) is 0 Å². The van der Waals surface area contributed by atoms with E-state index < -0.39 is 0 Å². The van der Waals surface area contributed by atoms with Crippen LogP contribution in [0, 0.1) is 19.8 Å². The summed E-state index contributed by atoms with van der Waals surface area (Å²) < 4.78 is 1.86. The third-order valence-electron chi connectivity index (χ3n) is 4.07. The normalized spacial score (nSPS) is 20.9. The Balaban J connectivity index is 2.04. The second-order valence-electron chi connectivity index (χ2n) is 5.60. The Morgan fingerprint density at radius 2 is 2.21 bits per heavy atom. The highest BCUT2D eigenvalue weighted by atomic mass is 16.3. The van der Waals surface area contributed by atoms with Crippen LogP contribution in [-0.2, 0) is 18.3 Å². The average Bonchev–Trinajstić information content (AvgIpc) is 2.88. The molecule has 1 saturated heterocycles. The molecule has 0 radical (unpaired) electrons. The molecule has 5 heteroatoms. The summed E-state index contributed by atoms with van der Waals surface area (Å²) in [6.07, 6.45) is 1.07. The van der Waals surface area contributed by atoms with Gasteiger partial charge >= 0.3 is 0 Å². The van der Waals surface area contributed by atoms with Gasteiger partial charge in [0.2, 0.25) is 5.91 Å². The molecule has 2 atom stereocenters. The Morgan fingerprint density at radius 3 is 2.68 bits per heavy atom. The molecule has 0 aliphatic carbocycles. The van der Waals surface area contributed by atoms with E-state index in [1.54, 1.807) is 4.90 Å². The number of β-amino-alcohol motifs (C(OH)–C–C–N with tert-alkyl or cyclic N) is 1. The fraction of sp³-hybridized carbons (Fsp3) is 0.714. The standard InChI is InChI=1S/C14H23N3O2/c1-9(14(19)17-6-5-12(18)8-17)7-13-10(2)15-16(4)11(13)3/h9,12,18H,5-8H2,1-4H3/t9?,12-/m1/s1. The van der Waals surface area contributed by atoms with Crippen LogP contribution < -0.4 is 0 Å². The van der Waals surface area contributed by atoms with E-state index >= 15 is 0 Å². The van der Waals surface area contributed by atoms with E-state index in [1.807, 2.05) is 32.5 Å². The van der Waals surface area contributed by atoms with Gasteiger partial charge in [0.1, 0.15) is 0 Å². The molecule has 1 N–H and O–H groups in total. The summed E-state index contributed by atoms with van der Waals surface area (Å²) in [6, 6.07) is 0. The summed E-state index contributed by atoms with van der Waals surface area (Å²) >= 11 is 0. The summed E-state index contributed by atoms with van der Waals surface area (Å²) in [6.45, 7) is 7.13. The molecule has 1 unspecified atom stereocenters. The second kappa shape index (κ2) is 5.33. The molecule has 1 fully saturated rings. The highest BCUT2D eigenvalue weighted by Crippen LogP contribution is 2.20. The average molecular weight is 265 g/mol. The first-order valence-corrected chi connectivity index (χ1v) is 6.86. The molecule has 1 aromatic rings. The highest BCUT2D eigenvalue weighted by molar-refractivity contribution is 5.79. The predicted octanol–water partition coefficient (Wildman–Crippen LogP) is 0.809. The van der Waals surface area contributed by atoms with Crippen molar-refractivity contribution in [1.82, 2.24) is 14.7 Å². The van der Waals surface area contributed by atoms with Gasteiger partial charge in [-0.25, -0.2) is 0 Å². The number of aliphatic hydroxyl groups is 1. The highest BCUT2D eigenvalue weighted by Gasteiger charge is 2.28. The third-order valence-corrected chi connectivity index (χ3v) is 4.07. The minimum Gasteiger partial charge on any atom is -0.391 e. The molecule has 1 aliphatic rings. The zero-order chi connectivity index (χ0) is 14.2. The number of carbonyl (C=O) groups excluding carboxylic acids is 1. The zero-order valence-electron chi connectivity index (χ0n) is 12.2. The van der Waals surface area contributed by atoms with Crippen molar-refractivity contribution in [2.45, 2.75) is 39.7 Å². The topological polar surface area (TPSA) is 58.4 Å². The summed E-state index contributed by atoms with van der Waals surface area (Å²) in [7, 11) is 1.93. The number of aryl methyl sites for hydroxylation is 2. The molecule has 5 nitrogen and oxygen atoms in total. The summed E-state index contributed by atoms with van der Waals surface area (Å²) in [5.41, 5.74) is 3.29. The minimum absolute atomic E-state index is 0.0631. The third kappa shape index (κ3) is 2.81. The Morgan fingerprint density at radius 1 is 1.53 bits per heavy atom. The minimum atomic E-state index is -0.349. The van der Waals surface area contributed by atoms with E-state index in [-0.39, 0.29) is 17.9 Å². The molecule has 1 aromatic heterocycles. The monoisotopic (exact) mass is 265 g/mol. The summed E-state index contributed by atoms with van der Waals surface area (Å²) in [5, 5.41) is 13.9. The lowest BCUT2D eigenvalue weighted by molar-refractivity contribution is -0.134. The van der Waals surface area contributed by atoms with Crippen molar-refractivity contribution in [1.29, 1.82) is 0 Å². The van der Waals surface area contributed by atoms with Crippen LogP contribution in [0.1, 0.15) is 30.3 Å². The van der Waals surface area contributed by atoms with E-state index in [4.69, 9.17) is 0 Å². The molecule has 19 heavy (non-hydrogen) atoms. The molecule has 0 aromatic carbocycles. The molecule has 0 bridgehead atoms. The van der Waals surface area contributed by atoms with E-state index in [2.05, 4.69) is 5.10 Å². The molecule has 2 rings (SSSR count). The van der Waals surface area contributed by atoms with Gasteiger partial charge in [-0.15, -0.1) is 0 Å². The maximum atomic E-state index is 12.3. The Labute approximate surface area is 114 Å². The first-order chi connectivity index (χ1) is 8.90. The fourth-order valence-electron chi connectivity index (χ4n) is 2.76. The molecule has 106 valence electrons. The van der Waals surface area contributed by atoms with E-state index in [9.17, 15) is 9.90 Å². The van der Waals surface area contributed by atoms with Crippen LogP contribution in [0.15, 0.2) is 0 Å². The van der Waals surface area contributed by atoms with Gasteiger partial charge in [-0.1, -0.05) is 6.92 Å². The number of aliphatic hydroxyl groups excluding tert-OH is 1. The maximum absolute atomic E-state index is 12.3. The quantitative estimate of drug-likeness (QED) is 0.880. The van der Waals surface area contributed by atoms with Crippen LogP contribution in [0.2, 0.25) is 0 Å². The zero-order valence-corrected chi connectivity index (χ0v) is 12.2. The molecule has 1 aliphatic heterocycles. The number of carbonyl (C=O) groups is 1. The molecular weight excluding hydrogens is 242 g/mol. The number of rotatable bonds is 3. The number of likely N-dealkylation sites (tertiary alicyclic amines) is 1. The number of nitrogens with zero attached hydrogens (tertiary/aromatic N) is 3. The van der Waals surface area contributed by atoms with Crippen LogP contribution >= 0.6 is 0 Å². The van der Waals surface area contributed by atoms with Crippen LogP contribution in [0.5, 0.6) is 0 Å². The van der Waals surface area contributed by atoms with Crippen LogP contribution in [-0.4, -0.2) is 44.9 Å². The first-order valence-electron chi connectivity index (χ1n) is 6.86. The molecule has 1 amide bonds. The van der Waals surface area contributed by atoms with Gasteiger partial charge in [0, 0.05) is 31.7 Å². The van der Waals surface area contributed by atoms with Crippen molar-refractivity contribution in [3.63, 3.8) is 0 Å². The second-order valence-corrected chi connectivity index (χ2v) is 5.60. The van der Waals surface area contributed by atoms with Crippen molar-refractivity contribution in [3.05, 3.63) is 17.0 Å². The number of aromatic nitrogens is 2. The van der Waals surface area contributed by atoms with Gasteiger partial charge in [-0.2, -0.15) is 5.10 Å². The van der Waals surface area contributed by atoms with E-state index in [0.717, 1.165) is 17.8 Å². The molecular formula is C14H23N3O2. The summed E-state index contributed by atoms with van der Waals surface area (Å²) in [4.78, 5) is 14.1. The summed E-state index contributed by atoms with van der Waals surface area (Å²) in [5.74, 6) is 0.0751. The number of hydrogen-bond donors (Lipinski definition) is 1. The van der Waals surface area contributed by atoms with E-state index in [0.29, 0.717) is 19.5 Å². The van der Waals surface area contributed by atoms with Gasteiger partial charge < -0.3 is 10.0 Å². The molecule has 2 heterocycles. The lowest BCUT2D eigenvalue weighted by Gasteiger charge is -2.20. The van der Waals surface area contributed by atoms with Crippen LogP contribution in [0.4, 0.5) is 0 Å². The number of amides is 1. The van der Waals surface area contributed by atoms with Crippen molar-refractivity contribution >= 4 is 5.91 Å². The molecule has 0 saturated carbocycles. The van der Waals surface area contributed by atoms with Gasteiger partial charge in [-0.3, -0.25) is 9.48 Å². The van der Waals surface area contributed by atoms with Crippen molar-refractivity contribution < 1.29 is 9.90 Å². The van der Waals surface area contributed by atoms with Crippen LogP contribution in [0.3, 0.4) is 0 Å². The lowest BCUT2D eigenvalue weighted by atomic mass is 9.98. The Kier molecular flexibility index (Phi) is 3.94. The van der Waals surface area contributed by atoms with Gasteiger partial charge in [0.15, 0.2) is 0 Å². The van der Waals surface area contributed by atoms with Crippen molar-refractivity contribution in [3.8, 4) is 0 Å². The molecule has 0 spiro atoms. The fourth-order valence-corrected chi connectivity index (χ4v) is 2.76. The van der Waals surface area contributed by atoms with Crippen LogP contribution in [0.25, 0.3) is 0 Å². The van der Waals surface area contributed by atoms with Crippen molar-refractivity contribution in [2.75, 3.05) is 13.1 Å². The predicted molar refractivity (Wildman–Crippen MR) is 72.8 cm³/mol. The maximum Gasteiger partial charge on any atom is 0.225 e.